The standard InChI is InChI=1S/C12H11ClF2N2O2/c1-19-8-4-2-7(3-5-8)17-11(13)9(6-18)10(16-17)12(14)15/h2-5,12,18H,6H2,1H3. The third kappa shape index (κ3) is 2.54. The number of hydrogen-bond donors (Lipinski definition) is 1. The van der Waals surface area contributed by atoms with E-state index in [1.807, 2.05) is 0 Å². The molecule has 0 radical (unpaired) electrons. The van der Waals surface area contributed by atoms with E-state index >= 15 is 0 Å². The Morgan fingerprint density at radius 2 is 2.00 bits per heavy atom. The number of hydrogen-bond acceptors (Lipinski definition) is 3. The highest BCUT2D eigenvalue weighted by atomic mass is 35.5. The zero-order chi connectivity index (χ0) is 14.0. The first-order chi connectivity index (χ1) is 9.08. The van der Waals surface area contributed by atoms with Gasteiger partial charge >= 0.3 is 0 Å². The van der Waals surface area contributed by atoms with E-state index in [1.165, 1.54) is 7.11 Å². The molecule has 0 unspecified atom stereocenters. The summed E-state index contributed by atoms with van der Waals surface area (Å²) in [6, 6.07) is 6.59. The normalized spacial score (nSPS) is 11.1. The lowest BCUT2D eigenvalue weighted by molar-refractivity contribution is 0.141. The molecule has 0 bridgehead atoms. The van der Waals surface area contributed by atoms with E-state index in [-0.39, 0.29) is 10.7 Å². The highest BCUT2D eigenvalue weighted by Gasteiger charge is 2.23. The minimum atomic E-state index is -2.79. The number of benzene rings is 1. The molecule has 1 aromatic heterocycles. The average molecular weight is 289 g/mol. The van der Waals surface area contributed by atoms with E-state index in [0.717, 1.165) is 4.68 Å². The van der Waals surface area contributed by atoms with E-state index in [1.54, 1.807) is 24.3 Å². The van der Waals surface area contributed by atoms with Crippen molar-refractivity contribution in [2.75, 3.05) is 7.11 Å². The number of methoxy groups -OCH3 is 1. The average Bonchev–Trinajstić information content (AvgIpc) is 2.76. The van der Waals surface area contributed by atoms with E-state index in [9.17, 15) is 8.78 Å². The first kappa shape index (κ1) is 13.8. The molecule has 1 heterocycles. The number of nitrogens with zero attached hydrogens (tertiary/aromatic N) is 2. The molecule has 0 saturated carbocycles. The summed E-state index contributed by atoms with van der Waals surface area (Å²) in [6.45, 7) is -0.589. The van der Waals surface area contributed by atoms with Gasteiger partial charge in [0.25, 0.3) is 6.43 Å². The highest BCUT2D eigenvalue weighted by molar-refractivity contribution is 6.30. The summed E-state index contributed by atoms with van der Waals surface area (Å²) in [5, 5.41) is 12.8. The molecule has 1 N–H and O–H groups in total. The first-order valence-corrected chi connectivity index (χ1v) is 5.77. The minimum Gasteiger partial charge on any atom is -0.497 e. The fourth-order valence-corrected chi connectivity index (χ4v) is 1.95. The topological polar surface area (TPSA) is 47.3 Å². The number of halogens is 3. The third-order valence-electron chi connectivity index (χ3n) is 2.63. The van der Waals surface area contributed by atoms with Gasteiger partial charge in [0, 0.05) is 5.56 Å². The summed E-state index contributed by atoms with van der Waals surface area (Å²) in [7, 11) is 1.52. The van der Waals surface area contributed by atoms with Gasteiger partial charge in [-0.2, -0.15) is 5.10 Å². The molecule has 0 atom stereocenters. The van der Waals surface area contributed by atoms with Crippen LogP contribution in [0.4, 0.5) is 8.78 Å². The number of rotatable bonds is 4. The third-order valence-corrected chi connectivity index (χ3v) is 3.02. The molecule has 0 spiro atoms. The molecule has 0 amide bonds. The number of aromatic nitrogens is 2. The van der Waals surface area contributed by atoms with Gasteiger partial charge in [0.2, 0.25) is 0 Å². The number of aliphatic hydroxyl groups is 1. The Kier molecular flexibility index (Phi) is 4.01. The Balaban J connectivity index is 2.49. The summed E-state index contributed by atoms with van der Waals surface area (Å²) < 4.78 is 31.7. The summed E-state index contributed by atoms with van der Waals surface area (Å²) >= 11 is 5.96. The molecule has 7 heteroatoms. The fraction of sp³-hybridized carbons (Fsp3) is 0.250. The number of alkyl halides is 2. The molecule has 0 fully saturated rings. The second-order valence-corrected chi connectivity index (χ2v) is 4.08. The van der Waals surface area contributed by atoms with Gasteiger partial charge < -0.3 is 9.84 Å². The Labute approximate surface area is 113 Å². The zero-order valence-electron chi connectivity index (χ0n) is 9.98. The van der Waals surface area contributed by atoms with Crippen molar-refractivity contribution in [2.45, 2.75) is 13.0 Å². The molecular formula is C12H11ClF2N2O2. The van der Waals surface area contributed by atoms with Crippen molar-refractivity contribution in [3.63, 3.8) is 0 Å². The lowest BCUT2D eigenvalue weighted by Gasteiger charge is -2.04. The number of aliphatic hydroxyl groups excluding tert-OH is 1. The predicted octanol–water partition coefficient (Wildman–Crippen LogP) is 2.96. The Morgan fingerprint density at radius 3 is 2.42 bits per heavy atom. The second-order valence-electron chi connectivity index (χ2n) is 3.72. The van der Waals surface area contributed by atoms with Crippen LogP contribution in [0, 0.1) is 0 Å². The van der Waals surface area contributed by atoms with Crippen molar-refractivity contribution in [1.82, 2.24) is 9.78 Å². The van der Waals surface area contributed by atoms with E-state index in [2.05, 4.69) is 5.10 Å². The largest absolute Gasteiger partial charge is 0.497 e. The van der Waals surface area contributed by atoms with Crippen LogP contribution in [-0.2, 0) is 6.61 Å². The molecule has 2 aromatic rings. The van der Waals surface area contributed by atoms with Crippen LogP contribution in [0.5, 0.6) is 5.75 Å². The minimum absolute atomic E-state index is 0.0250. The molecule has 102 valence electrons. The first-order valence-electron chi connectivity index (χ1n) is 5.39. The van der Waals surface area contributed by atoms with Crippen molar-refractivity contribution in [1.29, 1.82) is 0 Å². The van der Waals surface area contributed by atoms with Gasteiger partial charge in [-0.05, 0) is 24.3 Å². The van der Waals surface area contributed by atoms with Crippen LogP contribution < -0.4 is 4.74 Å². The van der Waals surface area contributed by atoms with Crippen molar-refractivity contribution >= 4 is 11.6 Å². The van der Waals surface area contributed by atoms with Gasteiger partial charge in [0.1, 0.15) is 16.6 Å². The molecule has 1 aromatic carbocycles. The maximum atomic E-state index is 12.8. The molecule has 0 aliphatic rings. The lowest BCUT2D eigenvalue weighted by atomic mass is 10.2. The summed E-state index contributed by atoms with van der Waals surface area (Å²) in [5.41, 5.74) is -0.0665. The molecule has 0 aliphatic carbocycles. The Morgan fingerprint density at radius 1 is 1.37 bits per heavy atom. The van der Waals surface area contributed by atoms with Gasteiger partial charge in [-0.1, -0.05) is 11.6 Å². The van der Waals surface area contributed by atoms with E-state index in [0.29, 0.717) is 11.4 Å². The lowest BCUT2D eigenvalue weighted by Crippen LogP contribution is -1.97. The Bertz CT molecular complexity index is 570. The zero-order valence-corrected chi connectivity index (χ0v) is 10.7. The maximum Gasteiger partial charge on any atom is 0.282 e. The van der Waals surface area contributed by atoms with Crippen molar-refractivity contribution < 1.29 is 18.6 Å². The van der Waals surface area contributed by atoms with Crippen LogP contribution >= 0.6 is 11.6 Å². The van der Waals surface area contributed by atoms with Crippen LogP contribution in [0.25, 0.3) is 5.69 Å². The molecule has 0 saturated heterocycles. The SMILES string of the molecule is COc1ccc(-n2nc(C(F)F)c(CO)c2Cl)cc1. The molecule has 4 nitrogen and oxygen atoms in total. The van der Waals surface area contributed by atoms with Gasteiger partial charge in [0.05, 0.1) is 19.4 Å². The smallest absolute Gasteiger partial charge is 0.282 e. The molecule has 2 rings (SSSR count). The van der Waals surface area contributed by atoms with Crippen LogP contribution in [0.3, 0.4) is 0 Å². The highest BCUT2D eigenvalue weighted by Crippen LogP contribution is 2.30. The van der Waals surface area contributed by atoms with Crippen LogP contribution in [0.2, 0.25) is 5.15 Å². The Hall–Kier alpha value is -1.66. The van der Waals surface area contributed by atoms with Crippen molar-refractivity contribution in [3.8, 4) is 11.4 Å². The van der Waals surface area contributed by atoms with Crippen molar-refractivity contribution in [2.24, 2.45) is 0 Å². The van der Waals surface area contributed by atoms with E-state index < -0.39 is 18.7 Å². The summed E-state index contributed by atoms with van der Waals surface area (Å²) in [6.07, 6.45) is -2.79. The molecule has 19 heavy (non-hydrogen) atoms. The second kappa shape index (κ2) is 5.54. The van der Waals surface area contributed by atoms with Gasteiger partial charge in [0.15, 0.2) is 0 Å². The van der Waals surface area contributed by atoms with Gasteiger partial charge in [-0.15, -0.1) is 0 Å². The maximum absolute atomic E-state index is 12.8. The van der Waals surface area contributed by atoms with Crippen LogP contribution in [0.15, 0.2) is 24.3 Å². The van der Waals surface area contributed by atoms with Gasteiger partial charge in [-0.25, -0.2) is 13.5 Å². The van der Waals surface area contributed by atoms with Crippen LogP contribution in [0.1, 0.15) is 17.7 Å². The number of ether oxygens (including phenoxy) is 1. The summed E-state index contributed by atoms with van der Waals surface area (Å²) in [5.74, 6) is 0.628. The fourth-order valence-electron chi connectivity index (χ4n) is 1.66. The molecule has 0 aliphatic heterocycles. The van der Waals surface area contributed by atoms with Crippen molar-refractivity contribution in [3.05, 3.63) is 40.7 Å². The predicted molar refractivity (Wildman–Crippen MR) is 66.0 cm³/mol. The van der Waals surface area contributed by atoms with E-state index in [4.69, 9.17) is 21.4 Å². The quantitative estimate of drug-likeness (QED) is 0.941. The monoisotopic (exact) mass is 288 g/mol. The van der Waals surface area contributed by atoms with Gasteiger partial charge in [-0.3, -0.25) is 0 Å². The molecular weight excluding hydrogens is 278 g/mol. The summed E-state index contributed by atoms with van der Waals surface area (Å²) in [4.78, 5) is 0. The van der Waals surface area contributed by atoms with Crippen LogP contribution in [-0.4, -0.2) is 22.0 Å².